The fraction of sp³-hybridized carbons (Fsp3) is 0.550. The van der Waals surface area contributed by atoms with E-state index in [2.05, 4.69) is 41.3 Å². The van der Waals surface area contributed by atoms with Crippen LogP contribution >= 0.6 is 0 Å². The maximum absolute atomic E-state index is 12.6. The number of allylic oxidation sites excluding steroid dienone is 1. The average Bonchev–Trinajstić information content (AvgIpc) is 3.14. The molecule has 0 N–H and O–H groups in total. The van der Waals surface area contributed by atoms with E-state index in [9.17, 15) is 4.79 Å². The zero-order valence-corrected chi connectivity index (χ0v) is 14.2. The zero-order valence-electron chi connectivity index (χ0n) is 14.2. The van der Waals surface area contributed by atoms with E-state index in [-0.39, 0.29) is 5.91 Å². The van der Waals surface area contributed by atoms with Gasteiger partial charge in [0, 0.05) is 31.8 Å². The van der Waals surface area contributed by atoms with Gasteiger partial charge >= 0.3 is 0 Å². The number of hydrogen-bond donors (Lipinski definition) is 0. The molecule has 0 aromatic heterocycles. The van der Waals surface area contributed by atoms with Gasteiger partial charge in [0.05, 0.1) is 0 Å². The van der Waals surface area contributed by atoms with Crippen LogP contribution in [0.5, 0.6) is 0 Å². The smallest absolute Gasteiger partial charge is 0.249 e. The van der Waals surface area contributed by atoms with Crippen LogP contribution in [0.25, 0.3) is 0 Å². The third-order valence-electron chi connectivity index (χ3n) is 5.22. The van der Waals surface area contributed by atoms with E-state index in [0.717, 1.165) is 57.3 Å². The fourth-order valence-corrected chi connectivity index (χ4v) is 3.74. The minimum absolute atomic E-state index is 0.261. The normalized spacial score (nSPS) is 22.0. The summed E-state index contributed by atoms with van der Waals surface area (Å²) in [5.41, 5.74) is 2.43. The molecular weight excluding hydrogens is 284 g/mol. The second kappa shape index (κ2) is 7.78. The van der Waals surface area contributed by atoms with E-state index in [1.165, 1.54) is 12.0 Å². The molecule has 1 fully saturated rings. The van der Waals surface area contributed by atoms with Crippen molar-refractivity contribution in [3.8, 4) is 0 Å². The summed E-state index contributed by atoms with van der Waals surface area (Å²) in [4.78, 5) is 17.1. The molecule has 1 aliphatic carbocycles. The Labute approximate surface area is 140 Å². The van der Waals surface area contributed by atoms with Gasteiger partial charge in [-0.05, 0) is 50.6 Å². The molecule has 1 aliphatic heterocycles. The Morgan fingerprint density at radius 3 is 2.83 bits per heavy atom. The Hall–Kier alpha value is -1.61. The van der Waals surface area contributed by atoms with Gasteiger partial charge in [-0.15, -0.1) is 0 Å². The monoisotopic (exact) mass is 312 g/mol. The van der Waals surface area contributed by atoms with Gasteiger partial charge in [0.15, 0.2) is 0 Å². The Balaban J connectivity index is 1.52. The first-order valence-electron chi connectivity index (χ1n) is 8.96. The quantitative estimate of drug-likeness (QED) is 0.833. The van der Waals surface area contributed by atoms with Crippen LogP contribution < -0.4 is 0 Å². The molecule has 1 amide bonds. The highest BCUT2D eigenvalue weighted by Crippen LogP contribution is 2.22. The molecule has 0 unspecified atom stereocenters. The number of likely N-dealkylation sites (N-methyl/N-ethyl adjacent to an activating group) is 1. The van der Waals surface area contributed by atoms with Gasteiger partial charge in [-0.2, -0.15) is 0 Å². The molecule has 2 aliphatic rings. The van der Waals surface area contributed by atoms with Gasteiger partial charge in [-0.3, -0.25) is 4.79 Å². The molecule has 0 bridgehead atoms. The maximum atomic E-state index is 12.6. The standard InChI is InChI=1S/C20H28N2O/c1-21(20(23)18-10-5-6-11-18)19-12-7-14-22(16-19)15-13-17-8-3-2-4-9-17/h2-4,8-10,19H,5-7,11-16H2,1H3/t19-/m0/s1. The van der Waals surface area contributed by atoms with Gasteiger partial charge in [0.2, 0.25) is 5.91 Å². The predicted octanol–water partition coefficient (Wildman–Crippen LogP) is 3.26. The number of carbonyl (C=O) groups is 1. The number of nitrogens with zero attached hydrogens (tertiary/aromatic N) is 2. The highest BCUT2D eigenvalue weighted by Gasteiger charge is 2.27. The second-order valence-corrected chi connectivity index (χ2v) is 6.87. The molecule has 3 rings (SSSR count). The number of benzene rings is 1. The van der Waals surface area contributed by atoms with Crippen molar-refractivity contribution in [2.45, 2.75) is 44.6 Å². The summed E-state index contributed by atoms with van der Waals surface area (Å²) in [6, 6.07) is 11.0. The molecule has 23 heavy (non-hydrogen) atoms. The summed E-state index contributed by atoms with van der Waals surface area (Å²) >= 11 is 0. The molecule has 3 nitrogen and oxygen atoms in total. The van der Waals surface area contributed by atoms with E-state index >= 15 is 0 Å². The number of hydrogen-bond acceptors (Lipinski definition) is 2. The van der Waals surface area contributed by atoms with Gasteiger partial charge < -0.3 is 9.80 Å². The van der Waals surface area contributed by atoms with Crippen molar-refractivity contribution in [2.24, 2.45) is 0 Å². The van der Waals surface area contributed by atoms with Crippen LogP contribution in [0.15, 0.2) is 42.0 Å². The van der Waals surface area contributed by atoms with Crippen molar-refractivity contribution >= 4 is 5.91 Å². The topological polar surface area (TPSA) is 23.6 Å². The largest absolute Gasteiger partial charge is 0.338 e. The van der Waals surface area contributed by atoms with Crippen molar-refractivity contribution < 1.29 is 4.79 Å². The van der Waals surface area contributed by atoms with Crippen LogP contribution in [0, 0.1) is 0 Å². The van der Waals surface area contributed by atoms with Crippen molar-refractivity contribution in [2.75, 3.05) is 26.7 Å². The molecule has 1 atom stereocenters. The molecule has 0 radical (unpaired) electrons. The summed E-state index contributed by atoms with van der Waals surface area (Å²) in [7, 11) is 1.99. The molecule has 0 saturated carbocycles. The van der Waals surface area contributed by atoms with Crippen LogP contribution in [-0.2, 0) is 11.2 Å². The number of rotatable bonds is 5. The Bertz CT molecular complexity index is 552. The van der Waals surface area contributed by atoms with Crippen LogP contribution in [0.3, 0.4) is 0 Å². The van der Waals surface area contributed by atoms with Crippen molar-refractivity contribution in [1.82, 2.24) is 9.80 Å². The highest BCUT2D eigenvalue weighted by molar-refractivity contribution is 5.93. The third-order valence-corrected chi connectivity index (χ3v) is 5.22. The zero-order chi connectivity index (χ0) is 16.1. The van der Waals surface area contributed by atoms with Gasteiger partial charge in [0.25, 0.3) is 0 Å². The number of piperidine rings is 1. The van der Waals surface area contributed by atoms with Crippen LogP contribution in [0.2, 0.25) is 0 Å². The summed E-state index contributed by atoms with van der Waals surface area (Å²) in [5.74, 6) is 0.261. The predicted molar refractivity (Wildman–Crippen MR) is 94.3 cm³/mol. The summed E-state index contributed by atoms with van der Waals surface area (Å²) in [6.07, 6.45) is 8.73. The first kappa shape index (κ1) is 16.3. The number of carbonyl (C=O) groups excluding carboxylic acids is 1. The molecule has 1 aromatic rings. The molecular formula is C20H28N2O. The Morgan fingerprint density at radius 2 is 2.09 bits per heavy atom. The van der Waals surface area contributed by atoms with Gasteiger partial charge in [0.1, 0.15) is 0 Å². The number of likely N-dealkylation sites (tertiary alicyclic amines) is 1. The summed E-state index contributed by atoms with van der Waals surface area (Å²) < 4.78 is 0. The third kappa shape index (κ3) is 4.23. The Morgan fingerprint density at radius 1 is 1.26 bits per heavy atom. The van der Waals surface area contributed by atoms with Crippen molar-refractivity contribution in [1.29, 1.82) is 0 Å². The Kier molecular flexibility index (Phi) is 5.50. The maximum Gasteiger partial charge on any atom is 0.249 e. The lowest BCUT2D eigenvalue weighted by Gasteiger charge is -2.38. The highest BCUT2D eigenvalue weighted by atomic mass is 16.2. The van der Waals surface area contributed by atoms with Crippen LogP contribution in [0.4, 0.5) is 0 Å². The lowest BCUT2D eigenvalue weighted by molar-refractivity contribution is -0.129. The first-order chi connectivity index (χ1) is 11.2. The van der Waals surface area contributed by atoms with Crippen molar-refractivity contribution in [3.63, 3.8) is 0 Å². The SMILES string of the molecule is CN(C(=O)C1=CCCC1)[C@H]1CCCN(CCc2ccccc2)C1. The summed E-state index contributed by atoms with van der Waals surface area (Å²) in [5, 5.41) is 0. The molecule has 124 valence electrons. The first-order valence-corrected chi connectivity index (χ1v) is 8.96. The lowest BCUT2D eigenvalue weighted by Crippen LogP contribution is -2.49. The van der Waals surface area contributed by atoms with Gasteiger partial charge in [-0.25, -0.2) is 0 Å². The van der Waals surface area contributed by atoms with E-state index in [1.54, 1.807) is 0 Å². The minimum Gasteiger partial charge on any atom is -0.338 e. The lowest BCUT2D eigenvalue weighted by atomic mass is 10.0. The molecule has 1 aromatic carbocycles. The second-order valence-electron chi connectivity index (χ2n) is 6.87. The van der Waals surface area contributed by atoms with Crippen LogP contribution in [-0.4, -0.2) is 48.4 Å². The van der Waals surface area contributed by atoms with E-state index < -0.39 is 0 Å². The van der Waals surface area contributed by atoms with E-state index in [4.69, 9.17) is 0 Å². The van der Waals surface area contributed by atoms with E-state index in [0.29, 0.717) is 6.04 Å². The minimum atomic E-state index is 0.261. The van der Waals surface area contributed by atoms with Crippen molar-refractivity contribution in [3.05, 3.63) is 47.5 Å². The molecule has 1 heterocycles. The molecule has 1 saturated heterocycles. The molecule has 0 spiro atoms. The van der Waals surface area contributed by atoms with Crippen LogP contribution in [0.1, 0.15) is 37.7 Å². The molecule has 3 heteroatoms. The summed E-state index contributed by atoms with van der Waals surface area (Å²) in [6.45, 7) is 3.27. The van der Waals surface area contributed by atoms with E-state index in [1.807, 2.05) is 11.9 Å². The fourth-order valence-electron chi connectivity index (χ4n) is 3.74. The van der Waals surface area contributed by atoms with Gasteiger partial charge in [-0.1, -0.05) is 36.4 Å². The number of amides is 1. The average molecular weight is 312 g/mol.